The van der Waals surface area contributed by atoms with Crippen LogP contribution in [-0.4, -0.2) is 43.3 Å². The smallest absolute Gasteiger partial charge is 0.277 e. The van der Waals surface area contributed by atoms with Crippen molar-refractivity contribution in [2.45, 2.75) is 38.5 Å². The monoisotopic (exact) mass is 460 g/mol. The lowest BCUT2D eigenvalue weighted by atomic mass is 10.0. The highest BCUT2D eigenvalue weighted by molar-refractivity contribution is 7.91. The van der Waals surface area contributed by atoms with Crippen molar-refractivity contribution < 1.29 is 27.1 Å². The molecule has 170 valence electrons. The SMILES string of the molecule is C[C@@H](CS(=O)(=O)CCCc1cnc2c(c1)C(=O)NC2=O)c1ccc(F)c(OCC2CC2)c1. The van der Waals surface area contributed by atoms with E-state index < -0.39 is 27.5 Å². The molecule has 1 aliphatic heterocycles. The molecule has 1 aromatic carbocycles. The van der Waals surface area contributed by atoms with Gasteiger partial charge in [0.15, 0.2) is 21.4 Å². The fraction of sp³-hybridized carbons (Fsp3) is 0.435. The molecule has 1 aromatic heterocycles. The molecular weight excluding hydrogens is 435 g/mol. The molecule has 0 unspecified atom stereocenters. The lowest BCUT2D eigenvalue weighted by molar-refractivity contribution is 0.0878. The summed E-state index contributed by atoms with van der Waals surface area (Å²) in [6, 6.07) is 6.10. The zero-order chi connectivity index (χ0) is 22.9. The van der Waals surface area contributed by atoms with Crippen molar-refractivity contribution in [3.63, 3.8) is 0 Å². The second-order valence-electron chi connectivity index (χ2n) is 8.59. The maximum atomic E-state index is 14.0. The number of fused-ring (bicyclic) bond motifs is 1. The van der Waals surface area contributed by atoms with Crippen molar-refractivity contribution in [1.82, 2.24) is 10.3 Å². The highest BCUT2D eigenvalue weighted by Crippen LogP contribution is 2.31. The maximum absolute atomic E-state index is 14.0. The molecule has 1 aliphatic carbocycles. The van der Waals surface area contributed by atoms with E-state index in [9.17, 15) is 22.4 Å². The molecule has 1 saturated carbocycles. The average Bonchev–Trinajstić information content (AvgIpc) is 3.52. The first-order chi connectivity index (χ1) is 15.2. The zero-order valence-corrected chi connectivity index (χ0v) is 18.6. The van der Waals surface area contributed by atoms with Crippen molar-refractivity contribution in [3.8, 4) is 5.75 Å². The van der Waals surface area contributed by atoms with Crippen LogP contribution in [0.3, 0.4) is 0 Å². The van der Waals surface area contributed by atoms with Crippen molar-refractivity contribution in [1.29, 1.82) is 0 Å². The quantitative estimate of drug-likeness (QED) is 0.547. The van der Waals surface area contributed by atoms with E-state index >= 15 is 0 Å². The van der Waals surface area contributed by atoms with Crippen molar-refractivity contribution >= 4 is 21.7 Å². The average molecular weight is 461 g/mol. The molecule has 0 radical (unpaired) electrons. The number of hydrogen-bond acceptors (Lipinski definition) is 6. The number of nitrogens with zero attached hydrogens (tertiary/aromatic N) is 1. The van der Waals surface area contributed by atoms with Gasteiger partial charge in [0.05, 0.1) is 23.7 Å². The van der Waals surface area contributed by atoms with Gasteiger partial charge in [0.25, 0.3) is 11.8 Å². The minimum absolute atomic E-state index is 0.0220. The summed E-state index contributed by atoms with van der Waals surface area (Å²) in [5, 5.41) is 2.18. The predicted molar refractivity (Wildman–Crippen MR) is 116 cm³/mol. The van der Waals surface area contributed by atoms with Gasteiger partial charge in [0, 0.05) is 6.20 Å². The van der Waals surface area contributed by atoms with Crippen molar-refractivity contribution in [2.24, 2.45) is 5.92 Å². The number of halogens is 1. The third kappa shape index (κ3) is 5.32. The Morgan fingerprint density at radius 2 is 2.00 bits per heavy atom. The Morgan fingerprint density at radius 1 is 1.22 bits per heavy atom. The largest absolute Gasteiger partial charge is 0.490 e. The van der Waals surface area contributed by atoms with Gasteiger partial charge in [-0.05, 0) is 66.8 Å². The number of carbonyl (C=O) groups excluding carboxylic acids is 2. The third-order valence-electron chi connectivity index (χ3n) is 5.75. The van der Waals surface area contributed by atoms with Gasteiger partial charge in [-0.1, -0.05) is 13.0 Å². The minimum atomic E-state index is -3.36. The van der Waals surface area contributed by atoms with E-state index in [1.54, 1.807) is 25.1 Å². The Hall–Kier alpha value is -2.81. The maximum Gasteiger partial charge on any atom is 0.277 e. The number of aryl methyl sites for hydroxylation is 1. The molecule has 2 amide bonds. The van der Waals surface area contributed by atoms with E-state index in [1.807, 2.05) is 0 Å². The number of imide groups is 1. The van der Waals surface area contributed by atoms with Gasteiger partial charge in [0.1, 0.15) is 5.69 Å². The number of amides is 2. The van der Waals surface area contributed by atoms with Crippen LogP contribution in [0, 0.1) is 11.7 Å². The molecule has 0 saturated heterocycles. The highest BCUT2D eigenvalue weighted by Gasteiger charge is 2.28. The number of rotatable bonds is 10. The number of sulfone groups is 1. The standard InChI is InChI=1S/C23H25FN2O5S/c1-14(17-6-7-19(24)20(10-17)31-12-15-4-5-15)13-32(29,30)8-2-3-16-9-18-21(25-11-16)23(28)26-22(18)27/h6-7,9-11,14-15H,2-5,8,12-13H2,1H3,(H,26,27,28)/t14-/m0/s1. The van der Waals surface area contributed by atoms with E-state index in [2.05, 4.69) is 10.3 Å². The summed E-state index contributed by atoms with van der Waals surface area (Å²) in [4.78, 5) is 27.3. The molecule has 2 aromatic rings. The predicted octanol–water partition coefficient (Wildman–Crippen LogP) is 3.04. The number of ether oxygens (including phenoxy) is 1. The van der Waals surface area contributed by atoms with Gasteiger partial charge in [0.2, 0.25) is 0 Å². The molecule has 0 bridgehead atoms. The van der Waals surface area contributed by atoms with Crippen molar-refractivity contribution in [3.05, 3.63) is 58.7 Å². The lowest BCUT2D eigenvalue weighted by Gasteiger charge is -2.15. The molecule has 32 heavy (non-hydrogen) atoms. The normalized spacial score (nSPS) is 16.6. The van der Waals surface area contributed by atoms with Crippen LogP contribution in [0.2, 0.25) is 0 Å². The van der Waals surface area contributed by atoms with Gasteiger partial charge in [-0.2, -0.15) is 0 Å². The first-order valence-corrected chi connectivity index (χ1v) is 12.5. The second kappa shape index (κ2) is 8.97. The summed E-state index contributed by atoms with van der Waals surface area (Å²) < 4.78 is 44.8. The molecular formula is C23H25FN2O5S. The first-order valence-electron chi connectivity index (χ1n) is 10.7. The molecule has 2 heterocycles. The Morgan fingerprint density at radius 3 is 2.75 bits per heavy atom. The summed E-state index contributed by atoms with van der Waals surface area (Å²) in [7, 11) is -3.36. The first kappa shape index (κ1) is 22.4. The van der Waals surface area contributed by atoms with Crippen LogP contribution in [0.25, 0.3) is 0 Å². The van der Waals surface area contributed by atoms with Gasteiger partial charge >= 0.3 is 0 Å². The lowest BCUT2D eigenvalue weighted by Crippen LogP contribution is -2.20. The second-order valence-corrected chi connectivity index (χ2v) is 10.8. The molecule has 2 aliphatic rings. The number of aromatic nitrogens is 1. The Balaban J connectivity index is 1.32. The third-order valence-corrected chi connectivity index (χ3v) is 7.67. The number of nitrogens with one attached hydrogen (secondary N) is 1. The fourth-order valence-corrected chi connectivity index (χ4v) is 5.42. The van der Waals surface area contributed by atoms with Gasteiger partial charge in [-0.25, -0.2) is 17.8 Å². The number of benzene rings is 1. The molecule has 9 heteroatoms. The van der Waals surface area contributed by atoms with E-state index in [4.69, 9.17) is 4.74 Å². The van der Waals surface area contributed by atoms with E-state index in [0.29, 0.717) is 30.9 Å². The van der Waals surface area contributed by atoms with Gasteiger partial charge < -0.3 is 4.74 Å². The van der Waals surface area contributed by atoms with Gasteiger partial charge in [-0.3, -0.25) is 14.9 Å². The summed E-state index contributed by atoms with van der Waals surface area (Å²) in [5.74, 6) is -1.17. The Labute approximate surface area is 186 Å². The molecule has 4 rings (SSSR count). The summed E-state index contributed by atoms with van der Waals surface area (Å²) in [6.07, 6.45) is 4.48. The van der Waals surface area contributed by atoms with Crippen LogP contribution in [0.1, 0.15) is 64.1 Å². The van der Waals surface area contributed by atoms with E-state index in [-0.39, 0.29) is 34.4 Å². The zero-order valence-electron chi connectivity index (χ0n) is 17.8. The molecule has 7 nitrogen and oxygen atoms in total. The van der Waals surface area contributed by atoms with Crippen LogP contribution < -0.4 is 10.1 Å². The van der Waals surface area contributed by atoms with Crippen molar-refractivity contribution in [2.75, 3.05) is 18.1 Å². The van der Waals surface area contributed by atoms with Crippen LogP contribution in [0.15, 0.2) is 30.5 Å². The molecule has 1 N–H and O–H groups in total. The Bertz CT molecular complexity index is 1160. The van der Waals surface area contributed by atoms with E-state index in [0.717, 1.165) is 18.4 Å². The number of carbonyl (C=O) groups is 2. The number of pyridine rings is 1. The summed E-state index contributed by atoms with van der Waals surface area (Å²) in [5.41, 5.74) is 1.74. The number of hydrogen-bond donors (Lipinski definition) is 1. The van der Waals surface area contributed by atoms with Gasteiger partial charge in [-0.15, -0.1) is 0 Å². The van der Waals surface area contributed by atoms with E-state index in [1.165, 1.54) is 12.3 Å². The van der Waals surface area contributed by atoms with Crippen LogP contribution >= 0.6 is 0 Å². The summed E-state index contributed by atoms with van der Waals surface area (Å²) in [6.45, 7) is 2.29. The molecule has 0 spiro atoms. The van der Waals surface area contributed by atoms with Crippen LogP contribution in [0.4, 0.5) is 4.39 Å². The minimum Gasteiger partial charge on any atom is -0.490 e. The Kier molecular flexibility index (Phi) is 6.28. The highest BCUT2D eigenvalue weighted by atomic mass is 32.2. The summed E-state index contributed by atoms with van der Waals surface area (Å²) >= 11 is 0. The topological polar surface area (TPSA) is 102 Å². The fourth-order valence-electron chi connectivity index (χ4n) is 3.71. The van der Waals surface area contributed by atoms with Crippen LogP contribution in [-0.2, 0) is 16.3 Å². The van der Waals surface area contributed by atoms with Crippen LogP contribution in [0.5, 0.6) is 5.75 Å². The molecule has 1 fully saturated rings. The molecule has 1 atom stereocenters.